The standard InChI is InChI=1S/C19H29N5O2/c1-13-10-14(2)24(21-13)15(3)11-19(25)23-8-6-22(7-9-23)12-18-20-16(4)17(5)26-18/h10,15H,6-9,11-12H2,1-5H3. The zero-order valence-electron chi connectivity index (χ0n) is 16.4. The molecule has 1 amide bonds. The highest BCUT2D eigenvalue weighted by Crippen LogP contribution is 2.17. The summed E-state index contributed by atoms with van der Waals surface area (Å²) >= 11 is 0. The fourth-order valence-corrected chi connectivity index (χ4v) is 3.51. The van der Waals surface area contributed by atoms with E-state index in [4.69, 9.17) is 4.42 Å². The molecule has 7 nitrogen and oxygen atoms in total. The van der Waals surface area contributed by atoms with E-state index in [9.17, 15) is 4.79 Å². The van der Waals surface area contributed by atoms with Gasteiger partial charge in [0.15, 0.2) is 0 Å². The highest BCUT2D eigenvalue weighted by Gasteiger charge is 2.24. The Balaban J connectivity index is 1.49. The molecule has 0 spiro atoms. The first-order valence-electron chi connectivity index (χ1n) is 9.29. The molecule has 2 aromatic rings. The quantitative estimate of drug-likeness (QED) is 0.820. The van der Waals surface area contributed by atoms with Gasteiger partial charge >= 0.3 is 0 Å². The highest BCUT2D eigenvalue weighted by molar-refractivity contribution is 5.76. The molecule has 0 N–H and O–H groups in total. The summed E-state index contributed by atoms with van der Waals surface area (Å²) in [5.74, 6) is 1.84. The molecule has 1 aliphatic rings. The monoisotopic (exact) mass is 359 g/mol. The second kappa shape index (κ2) is 7.61. The van der Waals surface area contributed by atoms with Crippen molar-refractivity contribution in [3.05, 3.63) is 34.8 Å². The van der Waals surface area contributed by atoms with Crippen LogP contribution in [0.1, 0.15) is 48.1 Å². The second-order valence-corrected chi connectivity index (χ2v) is 7.33. The molecule has 0 aliphatic carbocycles. The average molecular weight is 359 g/mol. The van der Waals surface area contributed by atoms with Crippen molar-refractivity contribution in [2.75, 3.05) is 26.2 Å². The second-order valence-electron chi connectivity index (χ2n) is 7.33. The molecular formula is C19H29N5O2. The summed E-state index contributed by atoms with van der Waals surface area (Å²) in [7, 11) is 0. The summed E-state index contributed by atoms with van der Waals surface area (Å²) in [6.07, 6.45) is 0.486. The average Bonchev–Trinajstić information content (AvgIpc) is 3.09. The molecule has 7 heteroatoms. The molecule has 142 valence electrons. The van der Waals surface area contributed by atoms with Crippen molar-refractivity contribution < 1.29 is 9.21 Å². The predicted octanol–water partition coefficient (Wildman–Crippen LogP) is 2.40. The Morgan fingerprint density at radius 3 is 2.42 bits per heavy atom. The van der Waals surface area contributed by atoms with Gasteiger partial charge in [-0.3, -0.25) is 14.4 Å². The van der Waals surface area contributed by atoms with Crippen LogP contribution in [0.2, 0.25) is 0 Å². The van der Waals surface area contributed by atoms with E-state index in [0.29, 0.717) is 13.0 Å². The Morgan fingerprint density at radius 2 is 1.88 bits per heavy atom. The summed E-state index contributed by atoms with van der Waals surface area (Å²) in [6, 6.07) is 2.12. The first kappa shape index (κ1) is 18.6. The lowest BCUT2D eigenvalue weighted by Gasteiger charge is -2.34. The minimum absolute atomic E-state index is 0.0764. The summed E-state index contributed by atoms with van der Waals surface area (Å²) < 4.78 is 7.62. The molecule has 3 heterocycles. The van der Waals surface area contributed by atoms with Crippen molar-refractivity contribution in [2.45, 2.75) is 53.6 Å². The van der Waals surface area contributed by atoms with Crippen LogP contribution in [0.4, 0.5) is 0 Å². The zero-order chi connectivity index (χ0) is 18.8. The summed E-state index contributed by atoms with van der Waals surface area (Å²) in [6.45, 7) is 13.9. The van der Waals surface area contributed by atoms with E-state index in [0.717, 1.165) is 54.9 Å². The van der Waals surface area contributed by atoms with Crippen LogP contribution < -0.4 is 0 Å². The number of hydrogen-bond donors (Lipinski definition) is 0. The number of aromatic nitrogens is 3. The van der Waals surface area contributed by atoms with Gasteiger partial charge in [0.25, 0.3) is 0 Å². The number of piperazine rings is 1. The number of rotatable bonds is 5. The lowest BCUT2D eigenvalue weighted by atomic mass is 10.2. The van der Waals surface area contributed by atoms with Gasteiger partial charge in [0.2, 0.25) is 11.8 Å². The fourth-order valence-electron chi connectivity index (χ4n) is 3.51. The van der Waals surface area contributed by atoms with E-state index in [1.807, 2.05) is 43.3 Å². The molecule has 2 aromatic heterocycles. The SMILES string of the molecule is Cc1cc(C)n(C(C)CC(=O)N2CCN(Cc3nc(C)c(C)o3)CC2)n1. The van der Waals surface area contributed by atoms with Gasteiger partial charge in [-0.15, -0.1) is 0 Å². The molecule has 1 fully saturated rings. The molecule has 1 saturated heterocycles. The van der Waals surface area contributed by atoms with Gasteiger partial charge in [0.1, 0.15) is 5.76 Å². The van der Waals surface area contributed by atoms with E-state index >= 15 is 0 Å². The number of carbonyl (C=O) groups is 1. The van der Waals surface area contributed by atoms with Crippen LogP contribution in [-0.2, 0) is 11.3 Å². The number of hydrogen-bond acceptors (Lipinski definition) is 5. The van der Waals surface area contributed by atoms with Crippen molar-refractivity contribution in [1.82, 2.24) is 24.6 Å². The van der Waals surface area contributed by atoms with Crippen molar-refractivity contribution >= 4 is 5.91 Å². The van der Waals surface area contributed by atoms with Crippen molar-refractivity contribution in [2.24, 2.45) is 0 Å². The molecule has 0 radical (unpaired) electrons. The molecule has 1 atom stereocenters. The number of amides is 1. The molecule has 26 heavy (non-hydrogen) atoms. The maximum Gasteiger partial charge on any atom is 0.224 e. The minimum Gasteiger partial charge on any atom is -0.444 e. The predicted molar refractivity (Wildman–Crippen MR) is 98.9 cm³/mol. The Morgan fingerprint density at radius 1 is 1.19 bits per heavy atom. The first-order chi connectivity index (χ1) is 12.3. The van der Waals surface area contributed by atoms with Crippen LogP contribution in [0.3, 0.4) is 0 Å². The van der Waals surface area contributed by atoms with Gasteiger partial charge in [-0.2, -0.15) is 5.10 Å². The molecule has 3 rings (SSSR count). The van der Waals surface area contributed by atoms with Gasteiger partial charge in [-0.25, -0.2) is 4.98 Å². The number of carbonyl (C=O) groups excluding carboxylic acids is 1. The van der Waals surface area contributed by atoms with Gasteiger partial charge in [-0.05, 0) is 40.7 Å². The summed E-state index contributed by atoms with van der Waals surface area (Å²) in [5, 5.41) is 4.50. The molecule has 0 bridgehead atoms. The van der Waals surface area contributed by atoms with Crippen LogP contribution in [-0.4, -0.2) is 56.7 Å². The number of aryl methyl sites for hydroxylation is 4. The van der Waals surface area contributed by atoms with E-state index in [1.165, 1.54) is 0 Å². The smallest absolute Gasteiger partial charge is 0.224 e. The minimum atomic E-state index is 0.0764. The van der Waals surface area contributed by atoms with Crippen LogP contribution in [0.15, 0.2) is 10.5 Å². The molecule has 0 aromatic carbocycles. The Kier molecular flexibility index (Phi) is 5.46. The Hall–Kier alpha value is -2.15. The van der Waals surface area contributed by atoms with Gasteiger partial charge in [0, 0.05) is 38.3 Å². The normalized spacial score (nSPS) is 16.9. The number of nitrogens with zero attached hydrogens (tertiary/aromatic N) is 5. The van der Waals surface area contributed by atoms with Gasteiger partial charge < -0.3 is 9.32 Å². The van der Waals surface area contributed by atoms with E-state index in [2.05, 4.69) is 21.9 Å². The van der Waals surface area contributed by atoms with E-state index in [-0.39, 0.29) is 11.9 Å². The molecule has 1 unspecified atom stereocenters. The van der Waals surface area contributed by atoms with Crippen LogP contribution in [0.5, 0.6) is 0 Å². The highest BCUT2D eigenvalue weighted by atomic mass is 16.4. The third kappa shape index (κ3) is 4.15. The Labute approximate surface area is 155 Å². The summed E-state index contributed by atoms with van der Waals surface area (Å²) in [4.78, 5) is 21.3. The fraction of sp³-hybridized carbons (Fsp3) is 0.632. The zero-order valence-corrected chi connectivity index (χ0v) is 16.4. The lowest BCUT2D eigenvalue weighted by Crippen LogP contribution is -2.48. The van der Waals surface area contributed by atoms with Crippen LogP contribution in [0.25, 0.3) is 0 Å². The third-order valence-corrected chi connectivity index (χ3v) is 5.09. The lowest BCUT2D eigenvalue weighted by molar-refractivity contribution is -0.133. The topological polar surface area (TPSA) is 67.4 Å². The van der Waals surface area contributed by atoms with Crippen molar-refractivity contribution in [1.29, 1.82) is 0 Å². The Bertz CT molecular complexity index is 751. The molecular weight excluding hydrogens is 330 g/mol. The van der Waals surface area contributed by atoms with Crippen LogP contribution >= 0.6 is 0 Å². The van der Waals surface area contributed by atoms with Crippen LogP contribution in [0, 0.1) is 27.7 Å². The maximum atomic E-state index is 12.6. The number of oxazole rings is 1. The van der Waals surface area contributed by atoms with E-state index < -0.39 is 0 Å². The maximum absolute atomic E-state index is 12.6. The molecule has 1 aliphatic heterocycles. The summed E-state index contributed by atoms with van der Waals surface area (Å²) in [5.41, 5.74) is 3.04. The van der Waals surface area contributed by atoms with E-state index in [1.54, 1.807) is 0 Å². The van der Waals surface area contributed by atoms with Crippen molar-refractivity contribution in [3.63, 3.8) is 0 Å². The largest absolute Gasteiger partial charge is 0.444 e. The first-order valence-corrected chi connectivity index (χ1v) is 9.29. The molecule has 0 saturated carbocycles. The third-order valence-electron chi connectivity index (χ3n) is 5.09. The van der Waals surface area contributed by atoms with Crippen molar-refractivity contribution in [3.8, 4) is 0 Å². The van der Waals surface area contributed by atoms with Gasteiger partial charge in [-0.1, -0.05) is 0 Å². The van der Waals surface area contributed by atoms with Gasteiger partial charge in [0.05, 0.1) is 24.0 Å².